The second-order valence-electron chi connectivity index (χ2n) is 4.99. The molecule has 0 bridgehead atoms. The standard InChI is InChI=1S/C18H16O4/c1-11-8-17-13(9-16(11)21-3)14(19)10-18(22-17)12-6-4-5-7-15(12)20-2/h4-10H,1-3H3. The molecule has 112 valence electrons. The normalized spacial score (nSPS) is 10.7. The molecule has 1 aromatic heterocycles. The molecule has 0 fully saturated rings. The monoisotopic (exact) mass is 296 g/mol. The van der Waals surface area contributed by atoms with E-state index in [0.717, 1.165) is 11.1 Å². The molecule has 2 aromatic carbocycles. The minimum atomic E-state index is -0.111. The zero-order valence-corrected chi connectivity index (χ0v) is 12.7. The first kappa shape index (κ1) is 14.2. The zero-order valence-electron chi connectivity index (χ0n) is 12.7. The Kier molecular flexibility index (Phi) is 3.59. The first-order valence-electron chi connectivity index (χ1n) is 6.90. The van der Waals surface area contributed by atoms with Crippen molar-refractivity contribution in [3.63, 3.8) is 0 Å². The first-order chi connectivity index (χ1) is 10.6. The van der Waals surface area contributed by atoms with Crippen molar-refractivity contribution in [2.45, 2.75) is 6.92 Å². The summed E-state index contributed by atoms with van der Waals surface area (Å²) < 4.78 is 16.5. The van der Waals surface area contributed by atoms with Gasteiger partial charge < -0.3 is 13.9 Å². The molecule has 0 saturated carbocycles. The Balaban J connectivity index is 2.27. The van der Waals surface area contributed by atoms with Gasteiger partial charge in [0.2, 0.25) is 0 Å². The van der Waals surface area contributed by atoms with Gasteiger partial charge in [-0.2, -0.15) is 0 Å². The van der Waals surface area contributed by atoms with Gasteiger partial charge >= 0.3 is 0 Å². The maximum absolute atomic E-state index is 12.4. The second kappa shape index (κ2) is 5.56. The van der Waals surface area contributed by atoms with E-state index >= 15 is 0 Å². The number of methoxy groups -OCH3 is 2. The average molecular weight is 296 g/mol. The minimum absolute atomic E-state index is 0.111. The number of rotatable bonds is 3. The summed E-state index contributed by atoms with van der Waals surface area (Å²) in [5.74, 6) is 1.82. The second-order valence-corrected chi connectivity index (χ2v) is 4.99. The molecule has 3 rings (SSSR count). The van der Waals surface area contributed by atoms with E-state index in [1.54, 1.807) is 20.3 Å². The van der Waals surface area contributed by atoms with Crippen molar-refractivity contribution in [3.8, 4) is 22.8 Å². The number of benzene rings is 2. The molecule has 0 aliphatic rings. The third-order valence-electron chi connectivity index (χ3n) is 3.62. The van der Waals surface area contributed by atoms with Crippen molar-refractivity contribution in [2.24, 2.45) is 0 Å². The Labute approximate surface area is 127 Å². The van der Waals surface area contributed by atoms with E-state index in [4.69, 9.17) is 13.9 Å². The first-order valence-corrected chi connectivity index (χ1v) is 6.90. The van der Waals surface area contributed by atoms with Crippen LogP contribution < -0.4 is 14.9 Å². The predicted octanol–water partition coefficient (Wildman–Crippen LogP) is 3.79. The Bertz CT molecular complexity index is 893. The number of hydrogen-bond donors (Lipinski definition) is 0. The maximum atomic E-state index is 12.4. The van der Waals surface area contributed by atoms with Crippen LogP contribution in [0.15, 0.2) is 51.7 Å². The van der Waals surface area contributed by atoms with Crippen LogP contribution in [0.25, 0.3) is 22.3 Å². The topological polar surface area (TPSA) is 48.7 Å². The molecule has 4 heteroatoms. The third kappa shape index (κ3) is 2.33. The van der Waals surface area contributed by atoms with Crippen molar-refractivity contribution in [1.29, 1.82) is 0 Å². The Morgan fingerprint density at radius 3 is 2.41 bits per heavy atom. The van der Waals surface area contributed by atoms with Gasteiger partial charge in [-0.05, 0) is 36.8 Å². The highest BCUT2D eigenvalue weighted by molar-refractivity contribution is 5.82. The lowest BCUT2D eigenvalue weighted by atomic mass is 10.1. The van der Waals surface area contributed by atoms with E-state index in [1.807, 2.05) is 37.3 Å². The van der Waals surface area contributed by atoms with Gasteiger partial charge in [-0.1, -0.05) is 12.1 Å². The zero-order chi connectivity index (χ0) is 15.7. The molecular formula is C18H16O4. The number of hydrogen-bond acceptors (Lipinski definition) is 4. The van der Waals surface area contributed by atoms with Gasteiger partial charge in [-0.25, -0.2) is 0 Å². The van der Waals surface area contributed by atoms with Gasteiger partial charge in [0.25, 0.3) is 0 Å². The van der Waals surface area contributed by atoms with Crippen molar-refractivity contribution in [3.05, 3.63) is 58.3 Å². The highest BCUT2D eigenvalue weighted by atomic mass is 16.5. The van der Waals surface area contributed by atoms with Crippen LogP contribution in [0.3, 0.4) is 0 Å². The van der Waals surface area contributed by atoms with Crippen molar-refractivity contribution >= 4 is 11.0 Å². The Morgan fingerprint density at radius 1 is 0.955 bits per heavy atom. The Hall–Kier alpha value is -2.75. The molecule has 4 nitrogen and oxygen atoms in total. The van der Waals surface area contributed by atoms with Crippen LogP contribution >= 0.6 is 0 Å². The van der Waals surface area contributed by atoms with E-state index in [2.05, 4.69) is 0 Å². The van der Waals surface area contributed by atoms with Gasteiger partial charge in [0.05, 0.1) is 25.2 Å². The van der Waals surface area contributed by atoms with Gasteiger partial charge in [0.1, 0.15) is 22.8 Å². The van der Waals surface area contributed by atoms with Crippen molar-refractivity contribution in [1.82, 2.24) is 0 Å². The van der Waals surface area contributed by atoms with Crippen LogP contribution in [-0.4, -0.2) is 14.2 Å². The fraction of sp³-hybridized carbons (Fsp3) is 0.167. The summed E-state index contributed by atoms with van der Waals surface area (Å²) in [5.41, 5.74) is 2.08. The molecule has 3 aromatic rings. The fourth-order valence-corrected chi connectivity index (χ4v) is 2.48. The number of para-hydroxylation sites is 1. The van der Waals surface area contributed by atoms with E-state index in [9.17, 15) is 4.79 Å². The highest BCUT2D eigenvalue weighted by Crippen LogP contribution is 2.31. The van der Waals surface area contributed by atoms with Crippen LogP contribution in [0.1, 0.15) is 5.56 Å². The largest absolute Gasteiger partial charge is 0.496 e. The molecule has 0 radical (unpaired) electrons. The quantitative estimate of drug-likeness (QED) is 0.738. The van der Waals surface area contributed by atoms with Crippen LogP contribution in [-0.2, 0) is 0 Å². The van der Waals surface area contributed by atoms with Gasteiger partial charge in [0.15, 0.2) is 5.43 Å². The smallest absolute Gasteiger partial charge is 0.193 e. The van der Waals surface area contributed by atoms with Crippen molar-refractivity contribution < 1.29 is 13.9 Å². The minimum Gasteiger partial charge on any atom is -0.496 e. The average Bonchev–Trinajstić information content (AvgIpc) is 2.54. The summed E-state index contributed by atoms with van der Waals surface area (Å²) in [6.07, 6.45) is 0. The molecule has 22 heavy (non-hydrogen) atoms. The molecule has 1 heterocycles. The van der Waals surface area contributed by atoms with Crippen LogP contribution in [0.5, 0.6) is 11.5 Å². The van der Waals surface area contributed by atoms with Crippen LogP contribution in [0, 0.1) is 6.92 Å². The molecule has 0 saturated heterocycles. The SMILES string of the molecule is COc1cc2c(=O)cc(-c3ccccc3OC)oc2cc1C. The molecule has 0 N–H and O–H groups in total. The molecule has 0 atom stereocenters. The maximum Gasteiger partial charge on any atom is 0.193 e. The number of fused-ring (bicyclic) bond motifs is 1. The molecule has 0 aliphatic heterocycles. The summed E-state index contributed by atoms with van der Waals surface area (Å²) in [4.78, 5) is 12.4. The van der Waals surface area contributed by atoms with Gasteiger partial charge in [0, 0.05) is 6.07 Å². The van der Waals surface area contributed by atoms with Crippen LogP contribution in [0.2, 0.25) is 0 Å². The molecule has 0 amide bonds. The molecular weight excluding hydrogens is 280 g/mol. The number of ether oxygens (including phenoxy) is 2. The van der Waals surface area contributed by atoms with E-state index in [-0.39, 0.29) is 5.43 Å². The van der Waals surface area contributed by atoms with E-state index < -0.39 is 0 Å². The van der Waals surface area contributed by atoms with Crippen LogP contribution in [0.4, 0.5) is 0 Å². The summed E-state index contributed by atoms with van der Waals surface area (Å²) in [5, 5.41) is 0.501. The van der Waals surface area contributed by atoms with Gasteiger partial charge in [-0.3, -0.25) is 4.79 Å². The Morgan fingerprint density at radius 2 is 1.68 bits per heavy atom. The number of aryl methyl sites for hydroxylation is 1. The lowest BCUT2D eigenvalue weighted by Crippen LogP contribution is -2.02. The highest BCUT2D eigenvalue weighted by Gasteiger charge is 2.12. The fourth-order valence-electron chi connectivity index (χ4n) is 2.48. The van der Waals surface area contributed by atoms with Gasteiger partial charge in [-0.15, -0.1) is 0 Å². The molecule has 0 spiro atoms. The summed E-state index contributed by atoms with van der Waals surface area (Å²) in [6.45, 7) is 1.91. The summed E-state index contributed by atoms with van der Waals surface area (Å²) in [7, 11) is 3.17. The van der Waals surface area contributed by atoms with E-state index in [1.165, 1.54) is 6.07 Å². The van der Waals surface area contributed by atoms with E-state index in [0.29, 0.717) is 28.2 Å². The lowest BCUT2D eigenvalue weighted by Gasteiger charge is -2.10. The third-order valence-corrected chi connectivity index (χ3v) is 3.62. The molecule has 0 unspecified atom stereocenters. The lowest BCUT2D eigenvalue weighted by molar-refractivity contribution is 0.411. The predicted molar refractivity (Wildman–Crippen MR) is 85.8 cm³/mol. The van der Waals surface area contributed by atoms with Crippen molar-refractivity contribution in [2.75, 3.05) is 14.2 Å². The summed E-state index contributed by atoms with van der Waals surface area (Å²) >= 11 is 0. The molecule has 0 aliphatic carbocycles. The summed E-state index contributed by atoms with van der Waals surface area (Å²) in [6, 6.07) is 12.4.